The van der Waals surface area contributed by atoms with Gasteiger partial charge < -0.3 is 10.1 Å². The van der Waals surface area contributed by atoms with Gasteiger partial charge in [0, 0.05) is 17.0 Å². The van der Waals surface area contributed by atoms with Crippen molar-refractivity contribution in [2.24, 2.45) is 0 Å². The molecular weight excluding hydrogens is 328 g/mol. The van der Waals surface area contributed by atoms with Crippen LogP contribution in [0.5, 0.6) is 0 Å². The van der Waals surface area contributed by atoms with E-state index < -0.39 is 17.9 Å². The largest absolute Gasteiger partial charge is 0.467 e. The zero-order chi connectivity index (χ0) is 17.5. The van der Waals surface area contributed by atoms with E-state index in [2.05, 4.69) is 5.32 Å². The van der Waals surface area contributed by atoms with E-state index in [9.17, 15) is 9.59 Å². The monoisotopic (exact) mass is 342 g/mol. The number of rotatable bonds is 5. The van der Waals surface area contributed by atoms with Crippen molar-refractivity contribution in [2.45, 2.75) is 12.5 Å². The quantitative estimate of drug-likeness (QED) is 0.847. The summed E-state index contributed by atoms with van der Waals surface area (Å²) in [6.07, 6.45) is 0.217. The summed E-state index contributed by atoms with van der Waals surface area (Å²) in [6.45, 7) is 0. The molecule has 0 spiro atoms. The molecule has 122 valence electrons. The van der Waals surface area contributed by atoms with Crippen molar-refractivity contribution in [3.8, 4) is 6.07 Å². The Morgan fingerprint density at radius 2 is 1.88 bits per heavy atom. The average Bonchev–Trinajstić information content (AvgIpc) is 2.62. The minimum absolute atomic E-state index is 0.217. The van der Waals surface area contributed by atoms with Crippen LogP contribution in [0.1, 0.15) is 21.5 Å². The zero-order valence-electron chi connectivity index (χ0n) is 13.0. The Labute approximate surface area is 144 Å². The van der Waals surface area contributed by atoms with Crippen LogP contribution >= 0.6 is 11.6 Å². The summed E-state index contributed by atoms with van der Waals surface area (Å²) in [5.74, 6) is -0.987. The van der Waals surface area contributed by atoms with Crippen LogP contribution < -0.4 is 5.32 Å². The van der Waals surface area contributed by atoms with E-state index >= 15 is 0 Å². The van der Waals surface area contributed by atoms with Gasteiger partial charge in [-0.15, -0.1) is 0 Å². The number of nitrogens with zero attached hydrogens (tertiary/aromatic N) is 1. The summed E-state index contributed by atoms with van der Waals surface area (Å²) in [4.78, 5) is 24.3. The summed E-state index contributed by atoms with van der Waals surface area (Å²) < 4.78 is 4.76. The second-order valence-corrected chi connectivity index (χ2v) is 5.44. The van der Waals surface area contributed by atoms with E-state index in [4.69, 9.17) is 21.6 Å². The highest BCUT2D eigenvalue weighted by molar-refractivity contribution is 6.31. The number of methoxy groups -OCH3 is 1. The summed E-state index contributed by atoms with van der Waals surface area (Å²) in [5.41, 5.74) is 1.53. The molecule has 1 N–H and O–H groups in total. The molecule has 0 unspecified atom stereocenters. The van der Waals surface area contributed by atoms with Gasteiger partial charge in [0.2, 0.25) is 0 Å². The van der Waals surface area contributed by atoms with Gasteiger partial charge in [-0.3, -0.25) is 4.79 Å². The van der Waals surface area contributed by atoms with E-state index in [0.717, 1.165) is 5.56 Å². The molecule has 2 rings (SSSR count). The molecular formula is C18H15ClN2O3. The van der Waals surface area contributed by atoms with Crippen molar-refractivity contribution < 1.29 is 14.3 Å². The molecule has 0 radical (unpaired) electrons. The molecule has 5 nitrogen and oxygen atoms in total. The molecule has 0 saturated heterocycles. The number of carbonyl (C=O) groups excluding carboxylic acids is 2. The predicted molar refractivity (Wildman–Crippen MR) is 89.6 cm³/mol. The zero-order valence-corrected chi connectivity index (χ0v) is 13.7. The Bertz CT molecular complexity index is 782. The van der Waals surface area contributed by atoms with Crippen LogP contribution in [0.25, 0.3) is 0 Å². The molecule has 0 aliphatic rings. The molecule has 0 saturated carbocycles. The molecule has 1 atom stereocenters. The molecule has 24 heavy (non-hydrogen) atoms. The Balaban J connectivity index is 2.16. The van der Waals surface area contributed by atoms with Gasteiger partial charge in [0.25, 0.3) is 5.91 Å². The van der Waals surface area contributed by atoms with Gasteiger partial charge in [0.05, 0.1) is 18.7 Å². The summed E-state index contributed by atoms with van der Waals surface area (Å²) >= 11 is 6.11. The third-order valence-electron chi connectivity index (χ3n) is 3.45. The van der Waals surface area contributed by atoms with Crippen LogP contribution in [0.2, 0.25) is 5.02 Å². The van der Waals surface area contributed by atoms with Crippen LogP contribution in [0.15, 0.2) is 48.5 Å². The first kappa shape index (κ1) is 17.5. The molecule has 2 aromatic carbocycles. The van der Waals surface area contributed by atoms with E-state index in [1.54, 1.807) is 24.3 Å². The van der Waals surface area contributed by atoms with E-state index in [1.807, 2.05) is 6.07 Å². The fourth-order valence-electron chi connectivity index (χ4n) is 2.16. The molecule has 6 heteroatoms. The van der Waals surface area contributed by atoms with Crippen molar-refractivity contribution in [2.75, 3.05) is 7.11 Å². The summed E-state index contributed by atoms with van der Waals surface area (Å²) in [7, 11) is 1.26. The van der Waals surface area contributed by atoms with Gasteiger partial charge in [-0.05, 0) is 35.9 Å². The number of hydrogen-bond donors (Lipinski definition) is 1. The van der Waals surface area contributed by atoms with Gasteiger partial charge in [0.15, 0.2) is 0 Å². The fourth-order valence-corrected chi connectivity index (χ4v) is 2.37. The molecule has 0 fully saturated rings. The smallest absolute Gasteiger partial charge is 0.328 e. The average molecular weight is 343 g/mol. The first-order valence-corrected chi connectivity index (χ1v) is 7.55. The first-order chi connectivity index (χ1) is 11.5. The van der Waals surface area contributed by atoms with Crippen LogP contribution in [0.4, 0.5) is 0 Å². The van der Waals surface area contributed by atoms with Crippen molar-refractivity contribution in [3.05, 3.63) is 70.2 Å². The maximum atomic E-state index is 12.3. The Morgan fingerprint density at radius 3 is 2.46 bits per heavy atom. The van der Waals surface area contributed by atoms with E-state index in [1.165, 1.54) is 31.4 Å². The molecule has 0 aliphatic heterocycles. The third-order valence-corrected chi connectivity index (χ3v) is 3.82. The van der Waals surface area contributed by atoms with Gasteiger partial charge in [-0.25, -0.2) is 4.79 Å². The second-order valence-electron chi connectivity index (χ2n) is 5.03. The summed E-state index contributed by atoms with van der Waals surface area (Å²) in [6, 6.07) is 14.3. The van der Waals surface area contributed by atoms with Crippen LogP contribution in [-0.4, -0.2) is 25.0 Å². The summed E-state index contributed by atoms with van der Waals surface area (Å²) in [5, 5.41) is 11.9. The van der Waals surface area contributed by atoms with E-state index in [-0.39, 0.29) is 6.42 Å². The highest BCUT2D eigenvalue weighted by Gasteiger charge is 2.23. The van der Waals surface area contributed by atoms with E-state index in [0.29, 0.717) is 16.1 Å². The maximum Gasteiger partial charge on any atom is 0.328 e. The second kappa shape index (κ2) is 8.14. The molecule has 0 aromatic heterocycles. The number of nitrogens with one attached hydrogen (secondary N) is 1. The van der Waals surface area contributed by atoms with Crippen molar-refractivity contribution >= 4 is 23.5 Å². The lowest BCUT2D eigenvalue weighted by molar-refractivity contribution is -0.142. The van der Waals surface area contributed by atoms with Gasteiger partial charge in [0.1, 0.15) is 6.04 Å². The number of esters is 1. The molecule has 0 heterocycles. The topological polar surface area (TPSA) is 79.2 Å². The molecule has 1 amide bonds. The Hall–Kier alpha value is -2.84. The Kier molecular flexibility index (Phi) is 5.94. The SMILES string of the molecule is COC(=O)[C@H](Cc1ccccc1Cl)NC(=O)c1ccc(C#N)cc1. The molecule has 2 aromatic rings. The lowest BCUT2D eigenvalue weighted by Crippen LogP contribution is -2.43. The van der Waals surface area contributed by atoms with Crippen molar-refractivity contribution in [1.29, 1.82) is 5.26 Å². The number of halogens is 1. The fraction of sp³-hybridized carbons (Fsp3) is 0.167. The van der Waals surface area contributed by atoms with Crippen molar-refractivity contribution in [3.63, 3.8) is 0 Å². The molecule has 0 aliphatic carbocycles. The van der Waals surface area contributed by atoms with Crippen LogP contribution in [0.3, 0.4) is 0 Å². The lowest BCUT2D eigenvalue weighted by atomic mass is 10.0. The standard InChI is InChI=1S/C18H15ClN2O3/c1-24-18(23)16(10-14-4-2-3-5-15(14)19)21-17(22)13-8-6-12(11-20)7-9-13/h2-9,16H,10H2,1H3,(H,21,22)/t16-/m0/s1. The minimum Gasteiger partial charge on any atom is -0.467 e. The highest BCUT2D eigenvalue weighted by Crippen LogP contribution is 2.17. The lowest BCUT2D eigenvalue weighted by Gasteiger charge is -2.17. The number of hydrogen-bond acceptors (Lipinski definition) is 4. The first-order valence-electron chi connectivity index (χ1n) is 7.17. The predicted octanol–water partition coefficient (Wildman–Crippen LogP) is 2.73. The molecule has 0 bridgehead atoms. The van der Waals surface area contributed by atoms with Crippen LogP contribution in [0, 0.1) is 11.3 Å². The van der Waals surface area contributed by atoms with Gasteiger partial charge >= 0.3 is 5.97 Å². The third kappa shape index (κ3) is 4.34. The van der Waals surface area contributed by atoms with Crippen molar-refractivity contribution in [1.82, 2.24) is 5.32 Å². The number of nitriles is 1. The number of benzene rings is 2. The number of amides is 1. The highest BCUT2D eigenvalue weighted by atomic mass is 35.5. The van der Waals surface area contributed by atoms with Crippen LogP contribution in [-0.2, 0) is 16.0 Å². The maximum absolute atomic E-state index is 12.3. The van der Waals surface area contributed by atoms with Gasteiger partial charge in [-0.1, -0.05) is 29.8 Å². The van der Waals surface area contributed by atoms with Gasteiger partial charge in [-0.2, -0.15) is 5.26 Å². The number of carbonyl (C=O) groups is 2. The number of ether oxygens (including phenoxy) is 1. The normalized spacial score (nSPS) is 11.2. The Morgan fingerprint density at radius 1 is 1.21 bits per heavy atom. The minimum atomic E-state index is -0.863.